The molecule has 2 aliphatic heterocycles. The number of hydrogen-bond donors (Lipinski definition) is 1. The van der Waals surface area contributed by atoms with E-state index in [2.05, 4.69) is 10.2 Å². The van der Waals surface area contributed by atoms with Crippen LogP contribution in [0.1, 0.15) is 19.3 Å². The maximum atomic E-state index is 12.8. The number of rotatable bonds is 3. The molecule has 0 amide bonds. The van der Waals surface area contributed by atoms with Gasteiger partial charge in [0, 0.05) is 31.1 Å². The first-order valence-corrected chi connectivity index (χ1v) is 8.25. The highest BCUT2D eigenvalue weighted by Crippen LogP contribution is 2.24. The van der Waals surface area contributed by atoms with Crippen molar-refractivity contribution in [2.45, 2.75) is 25.3 Å². The van der Waals surface area contributed by atoms with E-state index >= 15 is 0 Å². The van der Waals surface area contributed by atoms with E-state index in [4.69, 9.17) is 4.99 Å². The first-order valence-electron chi connectivity index (χ1n) is 7.26. The van der Waals surface area contributed by atoms with Crippen molar-refractivity contribution in [2.75, 3.05) is 30.7 Å². The quantitative estimate of drug-likeness (QED) is 0.927. The van der Waals surface area contributed by atoms with Crippen LogP contribution in [-0.2, 0) is 0 Å². The summed E-state index contributed by atoms with van der Waals surface area (Å²) in [5.74, 6) is 0.845. The zero-order valence-corrected chi connectivity index (χ0v) is 12.3. The number of aliphatic imine (C=N–C) groups is 1. The monoisotopic (exact) mass is 293 g/mol. The minimum Gasteiger partial charge on any atom is -0.383 e. The maximum Gasteiger partial charge on any atom is 0.159 e. The zero-order chi connectivity index (χ0) is 13.8. The molecule has 108 valence electrons. The van der Waals surface area contributed by atoms with Crippen molar-refractivity contribution >= 4 is 22.6 Å². The maximum absolute atomic E-state index is 12.8. The average Bonchev–Trinajstić information content (AvgIpc) is 2.97. The smallest absolute Gasteiger partial charge is 0.159 e. The number of hydrogen-bond acceptors (Lipinski definition) is 4. The number of benzene rings is 1. The molecule has 0 aromatic heterocycles. The fourth-order valence-electron chi connectivity index (χ4n) is 2.57. The molecule has 3 rings (SSSR count). The van der Waals surface area contributed by atoms with Crippen LogP contribution in [0.15, 0.2) is 29.3 Å². The molecule has 1 fully saturated rings. The summed E-state index contributed by atoms with van der Waals surface area (Å²) in [6, 6.07) is 6.82. The van der Waals surface area contributed by atoms with Gasteiger partial charge >= 0.3 is 0 Å². The highest BCUT2D eigenvalue weighted by molar-refractivity contribution is 8.14. The Labute approximate surface area is 123 Å². The van der Waals surface area contributed by atoms with Gasteiger partial charge in [-0.25, -0.2) is 4.39 Å². The summed E-state index contributed by atoms with van der Waals surface area (Å²) < 4.78 is 12.8. The number of anilines is 1. The number of nitrogens with zero attached hydrogens (tertiary/aromatic N) is 2. The molecule has 1 N–H and O–H groups in total. The van der Waals surface area contributed by atoms with Crippen LogP contribution in [0.4, 0.5) is 10.1 Å². The second kappa shape index (κ2) is 6.48. The van der Waals surface area contributed by atoms with Crippen molar-refractivity contribution in [1.82, 2.24) is 4.90 Å². The Hall–Kier alpha value is -1.23. The van der Waals surface area contributed by atoms with Gasteiger partial charge in [0.25, 0.3) is 0 Å². The molecule has 1 atom stereocenters. The number of piperidine rings is 1. The predicted octanol–water partition coefficient (Wildman–Crippen LogP) is 3.19. The van der Waals surface area contributed by atoms with Crippen LogP contribution in [-0.4, -0.2) is 41.5 Å². The molecule has 2 aliphatic rings. The van der Waals surface area contributed by atoms with Crippen molar-refractivity contribution in [2.24, 2.45) is 4.99 Å². The molecule has 2 heterocycles. The summed E-state index contributed by atoms with van der Waals surface area (Å²) in [5, 5.41) is 4.55. The van der Waals surface area contributed by atoms with E-state index < -0.39 is 0 Å². The molecule has 0 bridgehead atoms. The standard InChI is InChI=1S/C15H20FN3S/c16-12-4-6-13(7-5-12)17-10-14-11-20-15(18-14)19-8-2-1-3-9-19/h4-7,14,17H,1-3,8-11H2. The Morgan fingerprint density at radius 3 is 2.70 bits per heavy atom. The van der Waals surface area contributed by atoms with Crippen molar-refractivity contribution in [1.29, 1.82) is 0 Å². The molecule has 5 heteroatoms. The predicted molar refractivity (Wildman–Crippen MR) is 84.0 cm³/mol. The Morgan fingerprint density at radius 1 is 1.20 bits per heavy atom. The van der Waals surface area contributed by atoms with Crippen molar-refractivity contribution in [3.63, 3.8) is 0 Å². The first-order chi connectivity index (χ1) is 9.81. The van der Waals surface area contributed by atoms with Crippen LogP contribution in [0.25, 0.3) is 0 Å². The topological polar surface area (TPSA) is 27.6 Å². The van der Waals surface area contributed by atoms with Gasteiger partial charge in [0.1, 0.15) is 5.82 Å². The molecular weight excluding hydrogens is 273 g/mol. The van der Waals surface area contributed by atoms with Gasteiger partial charge in [0.15, 0.2) is 5.17 Å². The molecule has 3 nitrogen and oxygen atoms in total. The van der Waals surface area contributed by atoms with Gasteiger partial charge in [-0.15, -0.1) is 0 Å². The van der Waals surface area contributed by atoms with Crippen LogP contribution in [0.3, 0.4) is 0 Å². The third-order valence-corrected chi connectivity index (χ3v) is 4.88. The van der Waals surface area contributed by atoms with Gasteiger partial charge < -0.3 is 10.2 Å². The van der Waals surface area contributed by atoms with Gasteiger partial charge in [-0.1, -0.05) is 11.8 Å². The highest BCUT2D eigenvalue weighted by atomic mass is 32.2. The average molecular weight is 293 g/mol. The Kier molecular flexibility index (Phi) is 4.45. The second-order valence-corrected chi connectivity index (χ2v) is 6.30. The lowest BCUT2D eigenvalue weighted by atomic mass is 10.1. The van der Waals surface area contributed by atoms with Crippen molar-refractivity contribution in [3.8, 4) is 0 Å². The summed E-state index contributed by atoms with van der Waals surface area (Å²) in [6.45, 7) is 3.13. The number of thioether (sulfide) groups is 1. The van der Waals surface area contributed by atoms with Gasteiger partial charge in [0.05, 0.1) is 6.04 Å². The lowest BCUT2D eigenvalue weighted by Crippen LogP contribution is -2.33. The van der Waals surface area contributed by atoms with Crippen molar-refractivity contribution in [3.05, 3.63) is 30.1 Å². The molecule has 20 heavy (non-hydrogen) atoms. The normalized spacial score (nSPS) is 22.8. The Morgan fingerprint density at radius 2 is 1.95 bits per heavy atom. The van der Waals surface area contributed by atoms with E-state index in [1.165, 1.54) is 36.6 Å². The van der Waals surface area contributed by atoms with Crippen LogP contribution in [0.2, 0.25) is 0 Å². The van der Waals surface area contributed by atoms with E-state index in [1.54, 1.807) is 12.1 Å². The Bertz CT molecular complexity index is 469. The van der Waals surface area contributed by atoms with Gasteiger partial charge in [-0.3, -0.25) is 4.99 Å². The lowest BCUT2D eigenvalue weighted by molar-refractivity contribution is 0.347. The summed E-state index contributed by atoms with van der Waals surface area (Å²) in [4.78, 5) is 7.24. The van der Waals surface area contributed by atoms with E-state index in [0.29, 0.717) is 6.04 Å². The van der Waals surface area contributed by atoms with E-state index in [1.807, 2.05) is 11.8 Å². The third kappa shape index (κ3) is 3.45. The van der Waals surface area contributed by atoms with E-state index in [9.17, 15) is 4.39 Å². The first kappa shape index (κ1) is 13.7. The zero-order valence-electron chi connectivity index (χ0n) is 11.5. The lowest BCUT2D eigenvalue weighted by Gasteiger charge is -2.27. The minimum absolute atomic E-state index is 0.197. The fraction of sp³-hybridized carbons (Fsp3) is 0.533. The molecule has 1 saturated heterocycles. The molecule has 0 spiro atoms. The van der Waals surface area contributed by atoms with Gasteiger partial charge in [-0.05, 0) is 43.5 Å². The molecule has 0 aliphatic carbocycles. The van der Waals surface area contributed by atoms with Gasteiger partial charge in [0.2, 0.25) is 0 Å². The molecule has 0 radical (unpaired) electrons. The summed E-state index contributed by atoms with van der Waals surface area (Å²) in [6.07, 6.45) is 3.93. The molecule has 1 aromatic rings. The van der Waals surface area contributed by atoms with E-state index in [0.717, 1.165) is 31.1 Å². The van der Waals surface area contributed by atoms with Crippen LogP contribution >= 0.6 is 11.8 Å². The summed E-state index contributed by atoms with van der Waals surface area (Å²) >= 11 is 1.87. The summed E-state index contributed by atoms with van der Waals surface area (Å²) in [7, 11) is 0. The third-order valence-electron chi connectivity index (χ3n) is 3.71. The minimum atomic E-state index is -0.197. The fourth-order valence-corrected chi connectivity index (χ4v) is 3.69. The number of amidine groups is 1. The Balaban J connectivity index is 1.51. The molecule has 1 unspecified atom stereocenters. The van der Waals surface area contributed by atoms with Crippen LogP contribution in [0.5, 0.6) is 0 Å². The molecular formula is C15H20FN3S. The van der Waals surface area contributed by atoms with E-state index in [-0.39, 0.29) is 5.82 Å². The van der Waals surface area contributed by atoms with Crippen LogP contribution < -0.4 is 5.32 Å². The largest absolute Gasteiger partial charge is 0.383 e. The number of halogens is 1. The number of nitrogens with one attached hydrogen (secondary N) is 1. The SMILES string of the molecule is Fc1ccc(NCC2CSC(N3CCCCC3)=N2)cc1. The highest BCUT2D eigenvalue weighted by Gasteiger charge is 2.23. The second-order valence-electron chi connectivity index (χ2n) is 5.31. The summed E-state index contributed by atoms with van der Waals surface area (Å²) in [5.41, 5.74) is 0.957. The molecule has 1 aromatic carbocycles. The number of likely N-dealkylation sites (tertiary alicyclic amines) is 1. The van der Waals surface area contributed by atoms with Gasteiger partial charge in [-0.2, -0.15) is 0 Å². The molecule has 0 saturated carbocycles. The van der Waals surface area contributed by atoms with Crippen LogP contribution in [0, 0.1) is 5.82 Å². The van der Waals surface area contributed by atoms with Crippen molar-refractivity contribution < 1.29 is 4.39 Å².